The SMILES string of the molecule is CCOC(CC=O)CC(C)C=O. The average molecular weight is 172 g/mol. The molecule has 0 aromatic heterocycles. The van der Waals surface area contributed by atoms with Crippen molar-refractivity contribution in [3.8, 4) is 0 Å². The fourth-order valence-corrected chi connectivity index (χ4v) is 1.05. The molecule has 70 valence electrons. The molecule has 3 nitrogen and oxygen atoms in total. The Balaban J connectivity index is 3.75. The minimum absolute atomic E-state index is 0.0264. The third kappa shape index (κ3) is 5.02. The van der Waals surface area contributed by atoms with Crippen molar-refractivity contribution in [2.24, 2.45) is 5.92 Å². The fraction of sp³-hybridized carbons (Fsp3) is 0.778. The van der Waals surface area contributed by atoms with E-state index >= 15 is 0 Å². The van der Waals surface area contributed by atoms with Crippen molar-refractivity contribution < 1.29 is 14.3 Å². The lowest BCUT2D eigenvalue weighted by Gasteiger charge is -2.15. The molecule has 0 aliphatic carbocycles. The smallest absolute Gasteiger partial charge is 0.122 e. The zero-order valence-corrected chi connectivity index (χ0v) is 7.66. The molecule has 0 radical (unpaired) electrons. The predicted molar refractivity (Wildman–Crippen MR) is 45.9 cm³/mol. The molecule has 0 aromatic rings. The van der Waals surface area contributed by atoms with Crippen molar-refractivity contribution in [1.82, 2.24) is 0 Å². The lowest BCUT2D eigenvalue weighted by atomic mass is 10.0. The highest BCUT2D eigenvalue weighted by Crippen LogP contribution is 2.09. The summed E-state index contributed by atoms with van der Waals surface area (Å²) in [6.07, 6.45) is 2.64. The van der Waals surface area contributed by atoms with E-state index in [1.807, 2.05) is 13.8 Å². The van der Waals surface area contributed by atoms with Crippen molar-refractivity contribution >= 4 is 12.6 Å². The number of rotatable bonds is 7. The summed E-state index contributed by atoms with van der Waals surface area (Å²) in [4.78, 5) is 20.5. The molecule has 0 amide bonds. The quantitative estimate of drug-likeness (QED) is 0.542. The van der Waals surface area contributed by atoms with Gasteiger partial charge in [0.25, 0.3) is 0 Å². The summed E-state index contributed by atoms with van der Waals surface area (Å²) in [5, 5.41) is 0. The molecule has 0 saturated carbocycles. The van der Waals surface area contributed by atoms with Gasteiger partial charge >= 0.3 is 0 Å². The summed E-state index contributed by atoms with van der Waals surface area (Å²) in [6.45, 7) is 4.29. The van der Waals surface area contributed by atoms with Gasteiger partial charge in [-0.05, 0) is 13.3 Å². The van der Waals surface area contributed by atoms with Crippen LogP contribution in [0.3, 0.4) is 0 Å². The Bertz CT molecular complexity index is 134. The van der Waals surface area contributed by atoms with Crippen LogP contribution in [0.1, 0.15) is 26.7 Å². The molecule has 0 bridgehead atoms. The molecule has 2 unspecified atom stereocenters. The van der Waals surface area contributed by atoms with Gasteiger partial charge in [-0.25, -0.2) is 0 Å². The standard InChI is InChI=1S/C9H16O3/c1-3-12-9(4-5-10)6-8(2)7-11/h5,7-9H,3-4,6H2,1-2H3. The van der Waals surface area contributed by atoms with E-state index < -0.39 is 0 Å². The molecular formula is C9H16O3. The summed E-state index contributed by atoms with van der Waals surface area (Å²) < 4.78 is 5.26. The van der Waals surface area contributed by atoms with Crippen molar-refractivity contribution in [3.63, 3.8) is 0 Å². The lowest BCUT2D eigenvalue weighted by Crippen LogP contribution is -2.17. The highest BCUT2D eigenvalue weighted by atomic mass is 16.5. The van der Waals surface area contributed by atoms with Crippen LogP contribution in [-0.4, -0.2) is 25.3 Å². The largest absolute Gasteiger partial charge is 0.378 e. The Morgan fingerprint density at radius 3 is 2.50 bits per heavy atom. The Morgan fingerprint density at radius 1 is 1.42 bits per heavy atom. The van der Waals surface area contributed by atoms with Crippen molar-refractivity contribution in [3.05, 3.63) is 0 Å². The van der Waals surface area contributed by atoms with Crippen molar-refractivity contribution in [2.75, 3.05) is 6.61 Å². The molecular weight excluding hydrogens is 156 g/mol. The van der Waals surface area contributed by atoms with Crippen LogP contribution in [0.25, 0.3) is 0 Å². The van der Waals surface area contributed by atoms with Crippen LogP contribution >= 0.6 is 0 Å². The van der Waals surface area contributed by atoms with Gasteiger partial charge in [-0.3, -0.25) is 0 Å². The molecule has 0 rings (SSSR count). The van der Waals surface area contributed by atoms with Gasteiger partial charge in [-0.2, -0.15) is 0 Å². The van der Waals surface area contributed by atoms with Crippen LogP contribution < -0.4 is 0 Å². The molecule has 12 heavy (non-hydrogen) atoms. The normalized spacial score (nSPS) is 15.2. The maximum atomic E-state index is 10.3. The average Bonchev–Trinajstić information content (AvgIpc) is 2.05. The first kappa shape index (κ1) is 11.3. The van der Waals surface area contributed by atoms with Crippen LogP contribution in [0.4, 0.5) is 0 Å². The van der Waals surface area contributed by atoms with Crippen molar-refractivity contribution in [1.29, 1.82) is 0 Å². The van der Waals surface area contributed by atoms with Gasteiger partial charge in [-0.15, -0.1) is 0 Å². The zero-order valence-electron chi connectivity index (χ0n) is 7.66. The van der Waals surface area contributed by atoms with E-state index in [2.05, 4.69) is 0 Å². The second-order valence-corrected chi connectivity index (χ2v) is 2.83. The number of aldehydes is 2. The first-order valence-electron chi connectivity index (χ1n) is 4.25. The first-order valence-corrected chi connectivity index (χ1v) is 4.25. The Labute approximate surface area is 73.1 Å². The van der Waals surface area contributed by atoms with E-state index in [0.717, 1.165) is 12.6 Å². The van der Waals surface area contributed by atoms with E-state index in [4.69, 9.17) is 4.74 Å². The number of carbonyl (C=O) groups is 2. The van der Waals surface area contributed by atoms with Gasteiger partial charge in [0.05, 0.1) is 6.10 Å². The number of hydrogen-bond donors (Lipinski definition) is 0. The Morgan fingerprint density at radius 2 is 2.08 bits per heavy atom. The van der Waals surface area contributed by atoms with E-state index in [9.17, 15) is 9.59 Å². The van der Waals surface area contributed by atoms with E-state index in [0.29, 0.717) is 19.4 Å². The lowest BCUT2D eigenvalue weighted by molar-refractivity contribution is -0.114. The second kappa shape index (κ2) is 6.98. The van der Waals surface area contributed by atoms with Gasteiger partial charge < -0.3 is 14.3 Å². The fourth-order valence-electron chi connectivity index (χ4n) is 1.05. The summed E-state index contributed by atoms with van der Waals surface area (Å²) in [5.74, 6) is -0.0264. The topological polar surface area (TPSA) is 43.4 Å². The maximum Gasteiger partial charge on any atom is 0.122 e. The highest BCUT2D eigenvalue weighted by molar-refractivity contribution is 5.53. The van der Waals surface area contributed by atoms with Crippen LogP contribution in [0.2, 0.25) is 0 Å². The number of carbonyl (C=O) groups excluding carboxylic acids is 2. The van der Waals surface area contributed by atoms with E-state index in [1.54, 1.807) is 0 Å². The van der Waals surface area contributed by atoms with Gasteiger partial charge in [0.2, 0.25) is 0 Å². The van der Waals surface area contributed by atoms with Gasteiger partial charge in [-0.1, -0.05) is 6.92 Å². The summed E-state index contributed by atoms with van der Waals surface area (Å²) >= 11 is 0. The van der Waals surface area contributed by atoms with Crippen LogP contribution in [-0.2, 0) is 14.3 Å². The Hall–Kier alpha value is -0.700. The molecule has 2 atom stereocenters. The van der Waals surface area contributed by atoms with Gasteiger partial charge in [0, 0.05) is 18.9 Å². The third-order valence-electron chi connectivity index (χ3n) is 1.63. The van der Waals surface area contributed by atoms with Gasteiger partial charge in [0.1, 0.15) is 12.6 Å². The predicted octanol–water partition coefficient (Wildman–Crippen LogP) is 1.21. The number of hydrogen-bond acceptors (Lipinski definition) is 3. The molecule has 0 heterocycles. The van der Waals surface area contributed by atoms with E-state index in [1.165, 1.54) is 0 Å². The summed E-state index contributed by atoms with van der Waals surface area (Å²) in [7, 11) is 0. The summed E-state index contributed by atoms with van der Waals surface area (Å²) in [5.41, 5.74) is 0. The van der Waals surface area contributed by atoms with Crippen LogP contribution in [0.5, 0.6) is 0 Å². The minimum atomic E-state index is -0.0901. The van der Waals surface area contributed by atoms with Gasteiger partial charge in [0.15, 0.2) is 0 Å². The molecule has 0 spiro atoms. The van der Waals surface area contributed by atoms with Crippen LogP contribution in [0.15, 0.2) is 0 Å². The molecule has 0 aliphatic rings. The summed E-state index contributed by atoms with van der Waals surface area (Å²) in [6, 6.07) is 0. The molecule has 3 heteroatoms. The molecule has 0 aromatic carbocycles. The molecule has 0 saturated heterocycles. The highest BCUT2D eigenvalue weighted by Gasteiger charge is 2.11. The molecule has 0 aliphatic heterocycles. The van der Waals surface area contributed by atoms with E-state index in [-0.39, 0.29) is 12.0 Å². The molecule has 0 fully saturated rings. The first-order chi connectivity index (χ1) is 5.74. The third-order valence-corrected chi connectivity index (χ3v) is 1.63. The zero-order chi connectivity index (χ0) is 9.40. The maximum absolute atomic E-state index is 10.3. The second-order valence-electron chi connectivity index (χ2n) is 2.83. The minimum Gasteiger partial charge on any atom is -0.378 e. The van der Waals surface area contributed by atoms with Crippen molar-refractivity contribution in [2.45, 2.75) is 32.8 Å². The monoisotopic (exact) mass is 172 g/mol. The number of ether oxygens (including phenoxy) is 1. The van der Waals surface area contributed by atoms with Crippen LogP contribution in [0, 0.1) is 5.92 Å². The molecule has 0 N–H and O–H groups in total. The Kier molecular flexibility index (Phi) is 6.57.